The summed E-state index contributed by atoms with van der Waals surface area (Å²) >= 11 is 3.43. The summed E-state index contributed by atoms with van der Waals surface area (Å²) in [7, 11) is 0. The Morgan fingerprint density at radius 2 is 1.97 bits per heavy atom. The molecular weight excluding hydrogens is 438 g/mol. The predicted molar refractivity (Wildman–Crippen MR) is 128 cm³/mol. The molecule has 4 aromatic rings. The van der Waals surface area contributed by atoms with E-state index < -0.39 is 0 Å². The first-order chi connectivity index (χ1) is 15.7. The van der Waals surface area contributed by atoms with Crippen LogP contribution in [0.2, 0.25) is 0 Å². The average Bonchev–Trinajstić information content (AvgIpc) is 3.56. The van der Waals surface area contributed by atoms with E-state index in [0.717, 1.165) is 23.0 Å². The lowest BCUT2D eigenvalue weighted by Gasteiger charge is -2.26. The monoisotopic (exact) mass is 465 g/mol. The molecule has 8 heteroatoms. The number of hydrogen-bond acceptors (Lipinski definition) is 7. The molecule has 3 heterocycles. The molecule has 1 aliphatic carbocycles. The van der Waals surface area contributed by atoms with Gasteiger partial charge < -0.3 is 8.98 Å². The van der Waals surface area contributed by atoms with E-state index in [2.05, 4.69) is 68.5 Å². The highest BCUT2D eigenvalue weighted by molar-refractivity contribution is 7.99. The molecule has 1 unspecified atom stereocenters. The second-order valence-electron chi connectivity index (χ2n) is 8.39. The maximum Gasteiger partial charge on any atom is 0.247 e. The summed E-state index contributed by atoms with van der Waals surface area (Å²) in [6, 6.07) is 12.9. The van der Waals surface area contributed by atoms with Crippen LogP contribution >= 0.6 is 23.1 Å². The summed E-state index contributed by atoms with van der Waals surface area (Å²) in [5.74, 6) is 2.23. The topological polar surface area (TPSA) is 69.6 Å². The van der Waals surface area contributed by atoms with E-state index in [-0.39, 0.29) is 5.25 Å². The highest BCUT2D eigenvalue weighted by atomic mass is 32.2. The minimum Gasteiger partial charge on any atom is -0.419 e. The number of thioether (sulfide) groups is 1. The Morgan fingerprint density at radius 3 is 2.75 bits per heavy atom. The van der Waals surface area contributed by atoms with Crippen LogP contribution in [0.3, 0.4) is 0 Å². The number of benzene rings is 1. The maximum absolute atomic E-state index is 6.04. The van der Waals surface area contributed by atoms with Crippen LogP contribution in [0.5, 0.6) is 0 Å². The van der Waals surface area contributed by atoms with E-state index in [1.165, 1.54) is 42.5 Å². The summed E-state index contributed by atoms with van der Waals surface area (Å²) in [4.78, 5) is 1.32. The molecule has 0 saturated heterocycles. The molecule has 0 bridgehead atoms. The largest absolute Gasteiger partial charge is 0.419 e. The van der Waals surface area contributed by atoms with Crippen LogP contribution in [-0.4, -0.2) is 25.0 Å². The quantitative estimate of drug-likeness (QED) is 0.285. The number of rotatable bonds is 7. The van der Waals surface area contributed by atoms with Gasteiger partial charge in [-0.3, -0.25) is 0 Å². The van der Waals surface area contributed by atoms with Gasteiger partial charge in [0.2, 0.25) is 11.8 Å². The average molecular weight is 466 g/mol. The van der Waals surface area contributed by atoms with Crippen molar-refractivity contribution in [2.24, 2.45) is 0 Å². The Kier molecular flexibility index (Phi) is 6.41. The van der Waals surface area contributed by atoms with Gasteiger partial charge in [0.25, 0.3) is 0 Å². The summed E-state index contributed by atoms with van der Waals surface area (Å²) in [5.41, 5.74) is 2.12. The van der Waals surface area contributed by atoms with Gasteiger partial charge in [0, 0.05) is 22.9 Å². The van der Waals surface area contributed by atoms with Gasteiger partial charge in [0.15, 0.2) is 5.16 Å². The summed E-state index contributed by atoms with van der Waals surface area (Å²) in [6.07, 6.45) is 7.07. The first kappa shape index (κ1) is 21.4. The van der Waals surface area contributed by atoms with Crippen LogP contribution < -0.4 is 0 Å². The summed E-state index contributed by atoms with van der Waals surface area (Å²) in [6.45, 7) is 4.15. The first-order valence-corrected chi connectivity index (χ1v) is 13.0. The Hall–Kier alpha value is -2.45. The van der Waals surface area contributed by atoms with Crippen LogP contribution in [-0.2, 0) is 6.42 Å². The second kappa shape index (κ2) is 9.58. The molecule has 1 fully saturated rings. The van der Waals surface area contributed by atoms with Crippen molar-refractivity contribution in [3.63, 3.8) is 0 Å². The van der Waals surface area contributed by atoms with E-state index in [0.29, 0.717) is 17.8 Å². The smallest absolute Gasteiger partial charge is 0.247 e. The van der Waals surface area contributed by atoms with Crippen molar-refractivity contribution in [2.45, 2.75) is 68.8 Å². The molecule has 32 heavy (non-hydrogen) atoms. The van der Waals surface area contributed by atoms with Gasteiger partial charge in [-0.25, -0.2) is 0 Å². The van der Waals surface area contributed by atoms with Crippen molar-refractivity contribution < 1.29 is 4.42 Å². The third-order valence-electron chi connectivity index (χ3n) is 5.92. The molecule has 3 aromatic heterocycles. The van der Waals surface area contributed by atoms with Crippen LogP contribution in [0.15, 0.2) is 51.4 Å². The number of thiophene rings is 1. The fraction of sp³-hybridized carbons (Fsp3) is 0.417. The second-order valence-corrected chi connectivity index (χ2v) is 10.7. The normalized spacial score (nSPS) is 15.8. The lowest BCUT2D eigenvalue weighted by Crippen LogP contribution is -2.17. The van der Waals surface area contributed by atoms with Crippen LogP contribution in [0.4, 0.5) is 0 Å². The molecule has 166 valence electrons. The van der Waals surface area contributed by atoms with E-state index in [1.807, 2.05) is 12.1 Å². The van der Waals surface area contributed by atoms with Crippen molar-refractivity contribution in [2.75, 3.05) is 0 Å². The number of hydrogen-bond donors (Lipinski definition) is 0. The minimum absolute atomic E-state index is 0.0119. The van der Waals surface area contributed by atoms with Gasteiger partial charge in [-0.2, -0.15) is 0 Å². The lowest BCUT2D eigenvalue weighted by atomic mass is 9.95. The van der Waals surface area contributed by atoms with Gasteiger partial charge in [-0.05, 0) is 50.3 Å². The number of aromatic nitrogens is 5. The van der Waals surface area contributed by atoms with E-state index in [9.17, 15) is 0 Å². The Balaban J connectivity index is 1.39. The van der Waals surface area contributed by atoms with Gasteiger partial charge in [-0.15, -0.1) is 31.7 Å². The third kappa shape index (κ3) is 4.66. The Bertz CT molecular complexity index is 1160. The first-order valence-electron chi connectivity index (χ1n) is 11.2. The standard InChI is InChI=1S/C24H27N5OS2/c1-16-8-6-9-18(14-16)23-27-26-22(30-23)17(2)32-24-28-25-21(15-20-12-7-13-31-20)29(24)19-10-4-3-5-11-19/h6-9,12-14,17,19H,3-5,10-11,15H2,1-2H3. The molecule has 0 spiro atoms. The third-order valence-corrected chi connectivity index (χ3v) is 7.84. The van der Waals surface area contributed by atoms with E-state index >= 15 is 0 Å². The SMILES string of the molecule is Cc1cccc(-c2nnc(C(C)Sc3nnc(Cc4cccs4)n3C3CCCCC3)o2)c1. The molecule has 1 saturated carbocycles. The predicted octanol–water partition coefficient (Wildman–Crippen LogP) is 6.65. The fourth-order valence-electron chi connectivity index (χ4n) is 4.29. The Labute approximate surface area is 196 Å². The molecule has 6 nitrogen and oxygen atoms in total. The van der Waals surface area contributed by atoms with E-state index in [4.69, 9.17) is 4.42 Å². The summed E-state index contributed by atoms with van der Waals surface area (Å²) in [5, 5.41) is 20.9. The van der Waals surface area contributed by atoms with Crippen molar-refractivity contribution in [1.82, 2.24) is 25.0 Å². The molecular formula is C24H27N5OS2. The fourth-order valence-corrected chi connectivity index (χ4v) is 5.96. The molecule has 0 amide bonds. The van der Waals surface area contributed by atoms with Crippen molar-refractivity contribution in [3.05, 3.63) is 63.9 Å². The van der Waals surface area contributed by atoms with Crippen LogP contribution in [0.1, 0.15) is 72.5 Å². The van der Waals surface area contributed by atoms with E-state index in [1.54, 1.807) is 23.1 Å². The molecule has 5 rings (SSSR count). The molecule has 0 aliphatic heterocycles. The number of nitrogens with zero attached hydrogens (tertiary/aromatic N) is 5. The molecule has 0 radical (unpaired) electrons. The van der Waals surface area contributed by atoms with Gasteiger partial charge in [0.1, 0.15) is 5.82 Å². The van der Waals surface area contributed by atoms with Crippen molar-refractivity contribution >= 4 is 23.1 Å². The molecule has 0 N–H and O–H groups in total. The number of aryl methyl sites for hydroxylation is 1. The highest BCUT2D eigenvalue weighted by Gasteiger charge is 2.26. The molecule has 1 aliphatic rings. The zero-order valence-electron chi connectivity index (χ0n) is 18.4. The minimum atomic E-state index is -0.0119. The van der Waals surface area contributed by atoms with Crippen molar-refractivity contribution in [3.8, 4) is 11.5 Å². The van der Waals surface area contributed by atoms with Crippen molar-refractivity contribution in [1.29, 1.82) is 0 Å². The van der Waals surface area contributed by atoms with Crippen LogP contribution in [0, 0.1) is 6.92 Å². The van der Waals surface area contributed by atoms with Gasteiger partial charge in [0.05, 0.1) is 5.25 Å². The zero-order valence-corrected chi connectivity index (χ0v) is 20.0. The van der Waals surface area contributed by atoms with Crippen LogP contribution in [0.25, 0.3) is 11.5 Å². The lowest BCUT2D eigenvalue weighted by molar-refractivity contribution is 0.330. The highest BCUT2D eigenvalue weighted by Crippen LogP contribution is 2.39. The van der Waals surface area contributed by atoms with Gasteiger partial charge in [-0.1, -0.05) is 54.8 Å². The zero-order chi connectivity index (χ0) is 21.9. The maximum atomic E-state index is 6.04. The molecule has 1 aromatic carbocycles. The molecule has 1 atom stereocenters. The van der Waals surface area contributed by atoms with Gasteiger partial charge >= 0.3 is 0 Å². The Morgan fingerprint density at radius 1 is 1.09 bits per heavy atom. The summed E-state index contributed by atoms with van der Waals surface area (Å²) < 4.78 is 8.42.